The Morgan fingerprint density at radius 1 is 1.23 bits per heavy atom. The number of rotatable bonds is 3. The summed E-state index contributed by atoms with van der Waals surface area (Å²) in [5, 5.41) is 21.9. The number of benzene rings is 1. The molecule has 0 fully saturated rings. The molecule has 0 aliphatic rings. The third-order valence-corrected chi connectivity index (χ3v) is 2.93. The highest BCUT2D eigenvalue weighted by molar-refractivity contribution is 5.32. The fourth-order valence-electron chi connectivity index (χ4n) is 1.78. The highest BCUT2D eigenvalue weighted by atomic mass is 19.4. The molecule has 0 saturated heterocycles. The minimum absolute atomic E-state index is 0.366. The first-order valence-electron chi connectivity index (χ1n) is 6.15. The zero-order valence-corrected chi connectivity index (χ0v) is 11.1. The molecular weight excluding hydrogens is 299 g/mol. The van der Waals surface area contributed by atoms with Crippen LogP contribution >= 0.6 is 0 Å². The minimum atomic E-state index is -4.67. The molecule has 114 valence electrons. The maximum atomic E-state index is 12.6. The number of nitrogens with zero attached hydrogens (tertiary/aromatic N) is 3. The SMILES string of the molecule is N#Cc1ccc(C(O)Cn2nc(C(F)(F)F)ccc2=O)cc1. The Morgan fingerprint density at radius 3 is 2.41 bits per heavy atom. The normalized spacial score (nSPS) is 12.7. The van der Waals surface area contributed by atoms with Crippen molar-refractivity contribution in [2.75, 3.05) is 0 Å². The van der Waals surface area contributed by atoms with E-state index in [4.69, 9.17) is 5.26 Å². The molecule has 0 bridgehead atoms. The Hall–Kier alpha value is -2.66. The average Bonchev–Trinajstić information content (AvgIpc) is 2.48. The molecule has 0 saturated carbocycles. The number of nitriles is 1. The summed E-state index contributed by atoms with van der Waals surface area (Å²) < 4.78 is 38.3. The van der Waals surface area contributed by atoms with Crippen LogP contribution in [0.5, 0.6) is 0 Å². The largest absolute Gasteiger partial charge is 0.435 e. The van der Waals surface area contributed by atoms with Gasteiger partial charge in [0.25, 0.3) is 5.56 Å². The van der Waals surface area contributed by atoms with Crippen LogP contribution in [0.1, 0.15) is 22.9 Å². The zero-order valence-electron chi connectivity index (χ0n) is 11.1. The van der Waals surface area contributed by atoms with Gasteiger partial charge in [-0.05, 0) is 23.8 Å². The van der Waals surface area contributed by atoms with Crippen LogP contribution in [0.2, 0.25) is 0 Å². The number of hydrogen-bond donors (Lipinski definition) is 1. The van der Waals surface area contributed by atoms with Gasteiger partial charge in [0.15, 0.2) is 5.69 Å². The molecule has 22 heavy (non-hydrogen) atoms. The number of aromatic nitrogens is 2. The second-order valence-electron chi connectivity index (χ2n) is 4.49. The fourth-order valence-corrected chi connectivity index (χ4v) is 1.78. The topological polar surface area (TPSA) is 78.9 Å². The van der Waals surface area contributed by atoms with Crippen LogP contribution in [0.4, 0.5) is 13.2 Å². The third-order valence-electron chi connectivity index (χ3n) is 2.93. The first-order chi connectivity index (χ1) is 10.3. The van der Waals surface area contributed by atoms with Crippen molar-refractivity contribution in [1.29, 1.82) is 5.26 Å². The van der Waals surface area contributed by atoms with Crippen molar-refractivity contribution in [1.82, 2.24) is 9.78 Å². The molecule has 1 heterocycles. The highest BCUT2D eigenvalue weighted by Crippen LogP contribution is 2.26. The van der Waals surface area contributed by atoms with Crippen molar-refractivity contribution in [3.05, 3.63) is 63.6 Å². The van der Waals surface area contributed by atoms with Crippen molar-refractivity contribution in [2.45, 2.75) is 18.8 Å². The molecule has 2 rings (SSSR count). The smallest absolute Gasteiger partial charge is 0.386 e. The van der Waals surface area contributed by atoms with E-state index in [0.29, 0.717) is 21.9 Å². The van der Waals surface area contributed by atoms with Crippen molar-refractivity contribution in [2.24, 2.45) is 0 Å². The molecule has 1 aromatic carbocycles. The molecule has 0 amide bonds. The van der Waals surface area contributed by atoms with E-state index in [1.54, 1.807) is 0 Å². The van der Waals surface area contributed by atoms with E-state index in [1.165, 1.54) is 24.3 Å². The Kier molecular flexibility index (Phi) is 4.28. The van der Waals surface area contributed by atoms with Crippen molar-refractivity contribution in [3.63, 3.8) is 0 Å². The molecule has 2 aromatic rings. The van der Waals surface area contributed by atoms with Gasteiger partial charge in [-0.1, -0.05) is 12.1 Å². The summed E-state index contributed by atoms with van der Waals surface area (Å²) in [6.45, 7) is -0.422. The molecule has 1 N–H and O–H groups in total. The van der Waals surface area contributed by atoms with Gasteiger partial charge in [0.05, 0.1) is 24.3 Å². The van der Waals surface area contributed by atoms with E-state index in [0.717, 1.165) is 6.07 Å². The van der Waals surface area contributed by atoms with Gasteiger partial charge < -0.3 is 5.11 Å². The fraction of sp³-hybridized carbons (Fsp3) is 0.214. The van der Waals surface area contributed by atoms with Crippen LogP contribution in [0.25, 0.3) is 0 Å². The minimum Gasteiger partial charge on any atom is -0.386 e. The van der Waals surface area contributed by atoms with Crippen LogP contribution in [-0.2, 0) is 12.7 Å². The van der Waals surface area contributed by atoms with E-state index in [2.05, 4.69) is 5.10 Å². The lowest BCUT2D eigenvalue weighted by Gasteiger charge is -2.13. The van der Waals surface area contributed by atoms with Crippen LogP contribution in [-0.4, -0.2) is 14.9 Å². The van der Waals surface area contributed by atoms with Crippen LogP contribution in [0, 0.1) is 11.3 Å². The van der Waals surface area contributed by atoms with Gasteiger partial charge in [0.1, 0.15) is 0 Å². The monoisotopic (exact) mass is 309 g/mol. The second-order valence-corrected chi connectivity index (χ2v) is 4.49. The Balaban J connectivity index is 2.26. The Morgan fingerprint density at radius 2 is 1.86 bits per heavy atom. The van der Waals surface area contributed by atoms with E-state index in [1.807, 2.05) is 6.07 Å². The van der Waals surface area contributed by atoms with Crippen molar-refractivity contribution in [3.8, 4) is 6.07 Å². The lowest BCUT2D eigenvalue weighted by atomic mass is 10.1. The first kappa shape index (κ1) is 15.7. The average molecular weight is 309 g/mol. The Labute approximate surface area is 122 Å². The van der Waals surface area contributed by atoms with Crippen LogP contribution < -0.4 is 5.56 Å². The van der Waals surface area contributed by atoms with Gasteiger partial charge >= 0.3 is 6.18 Å². The molecule has 1 atom stereocenters. The summed E-state index contributed by atoms with van der Waals surface area (Å²) in [7, 11) is 0. The van der Waals surface area contributed by atoms with Gasteiger partial charge in [0, 0.05) is 6.07 Å². The highest BCUT2D eigenvalue weighted by Gasteiger charge is 2.33. The molecule has 1 unspecified atom stereocenters. The molecule has 8 heteroatoms. The van der Waals surface area contributed by atoms with Crippen molar-refractivity contribution >= 4 is 0 Å². The first-order valence-corrected chi connectivity index (χ1v) is 6.15. The summed E-state index contributed by atoms with van der Waals surface area (Å²) >= 11 is 0. The quantitative estimate of drug-likeness (QED) is 0.938. The van der Waals surface area contributed by atoms with E-state index in [-0.39, 0.29) is 0 Å². The van der Waals surface area contributed by atoms with Gasteiger partial charge in [-0.25, -0.2) is 4.68 Å². The predicted octanol–water partition coefficient (Wildman–Crippen LogP) is 1.87. The van der Waals surface area contributed by atoms with Gasteiger partial charge in [-0.3, -0.25) is 4.79 Å². The molecule has 0 radical (unpaired) electrons. The molecular formula is C14H10F3N3O2. The summed E-state index contributed by atoms with van der Waals surface area (Å²) in [4.78, 5) is 11.5. The molecule has 0 aliphatic carbocycles. The number of alkyl halides is 3. The maximum Gasteiger partial charge on any atom is 0.435 e. The van der Waals surface area contributed by atoms with Gasteiger partial charge in [0.2, 0.25) is 0 Å². The number of hydrogen-bond acceptors (Lipinski definition) is 4. The van der Waals surface area contributed by atoms with E-state index < -0.39 is 30.1 Å². The number of aliphatic hydroxyl groups excluding tert-OH is 1. The second kappa shape index (κ2) is 5.99. The molecule has 0 aliphatic heterocycles. The third kappa shape index (κ3) is 3.51. The summed E-state index contributed by atoms with van der Waals surface area (Å²) in [6.07, 6.45) is -5.89. The van der Waals surface area contributed by atoms with Crippen molar-refractivity contribution < 1.29 is 18.3 Å². The predicted molar refractivity (Wildman–Crippen MR) is 69.6 cm³/mol. The standard InChI is InChI=1S/C14H10F3N3O2/c15-14(16,17)12-5-6-13(22)20(19-12)8-11(21)10-3-1-9(7-18)2-4-10/h1-6,11,21H,8H2. The summed E-state index contributed by atoms with van der Waals surface area (Å²) in [6, 6.07) is 9.08. The molecule has 1 aromatic heterocycles. The van der Waals surface area contributed by atoms with Gasteiger partial charge in [-0.15, -0.1) is 0 Å². The van der Waals surface area contributed by atoms with Gasteiger partial charge in [-0.2, -0.15) is 23.5 Å². The maximum absolute atomic E-state index is 12.6. The molecule has 5 nitrogen and oxygen atoms in total. The van der Waals surface area contributed by atoms with Crippen LogP contribution in [0.3, 0.4) is 0 Å². The van der Waals surface area contributed by atoms with E-state index in [9.17, 15) is 23.1 Å². The summed E-state index contributed by atoms with van der Waals surface area (Å²) in [5.41, 5.74) is -1.21. The number of aliphatic hydroxyl groups is 1. The zero-order chi connectivity index (χ0) is 16.3. The lowest BCUT2D eigenvalue weighted by molar-refractivity contribution is -0.142. The number of halogens is 3. The Bertz CT molecular complexity index is 761. The summed E-state index contributed by atoms with van der Waals surface area (Å²) in [5.74, 6) is 0. The van der Waals surface area contributed by atoms with E-state index >= 15 is 0 Å². The van der Waals surface area contributed by atoms with Crippen LogP contribution in [0.15, 0.2) is 41.2 Å². The molecule has 0 spiro atoms. The lowest BCUT2D eigenvalue weighted by Crippen LogP contribution is -2.28.